The van der Waals surface area contributed by atoms with Crippen molar-refractivity contribution in [1.82, 2.24) is 0 Å². The highest BCUT2D eigenvalue weighted by Gasteiger charge is 2.00. The highest BCUT2D eigenvalue weighted by Crippen LogP contribution is 1.89. The van der Waals surface area contributed by atoms with Crippen molar-refractivity contribution >= 4 is 18.5 Å². The fourth-order valence-corrected chi connectivity index (χ4v) is 0.825. The maximum absolute atomic E-state index is 10.5. The zero-order valence-electron chi connectivity index (χ0n) is 14.9. The van der Waals surface area contributed by atoms with Crippen molar-refractivity contribution in [2.75, 3.05) is 26.4 Å². The summed E-state index contributed by atoms with van der Waals surface area (Å²) in [5, 5.41) is 13.9. The second-order valence-electron chi connectivity index (χ2n) is 4.18. The molecule has 0 radical (unpaired) electrons. The molecule has 0 aromatic carbocycles. The van der Waals surface area contributed by atoms with E-state index < -0.39 is 18.5 Å². The van der Waals surface area contributed by atoms with Crippen molar-refractivity contribution in [3.05, 3.63) is 0 Å². The fourth-order valence-electron chi connectivity index (χ4n) is 0.825. The van der Waals surface area contributed by atoms with Crippen LogP contribution >= 0.6 is 0 Å². The molecule has 0 unspecified atom stereocenters. The molecule has 0 rings (SSSR count). The van der Waals surface area contributed by atoms with Crippen molar-refractivity contribution < 1.29 is 43.5 Å². The minimum atomic E-state index is -1.83. The van der Waals surface area contributed by atoms with Gasteiger partial charge in [0.15, 0.2) is 0 Å². The second kappa shape index (κ2) is 23.1. The lowest BCUT2D eigenvalue weighted by atomic mass is 10.5. The molecule has 0 fully saturated rings. The molecule has 0 aliphatic rings. The molecule has 0 atom stereocenters. The Morgan fingerprint density at radius 3 is 0.875 bits per heavy atom. The lowest BCUT2D eigenvalue weighted by molar-refractivity contribution is 0.0545. The summed E-state index contributed by atoms with van der Waals surface area (Å²) in [6.45, 7) is 9.54. The molecule has 0 heterocycles. The van der Waals surface area contributed by atoms with E-state index >= 15 is 0 Å². The lowest BCUT2D eigenvalue weighted by Gasteiger charge is -2.02. The van der Waals surface area contributed by atoms with Crippen LogP contribution in [0.1, 0.15) is 53.4 Å². The first-order chi connectivity index (χ1) is 11.3. The van der Waals surface area contributed by atoms with Gasteiger partial charge in [0.25, 0.3) is 0 Å². The largest absolute Gasteiger partial charge is 0.508 e. The van der Waals surface area contributed by atoms with Crippen LogP contribution < -0.4 is 0 Å². The Hall–Kier alpha value is -2.19. The van der Waals surface area contributed by atoms with Crippen molar-refractivity contribution in [3.8, 4) is 0 Å². The van der Waals surface area contributed by atoms with Gasteiger partial charge < -0.3 is 29.2 Å². The standard InChI is InChI=1S/2C7H14O3.CH2O3/c2*1-3-5-9-7(8)10-6-4-2;2-1(3)4/h2*3-6H2,1-2H3;(H2,2,3,4). The Balaban J connectivity index is -0.000000301. The number of rotatable bonds is 8. The van der Waals surface area contributed by atoms with Crippen LogP contribution in [0.4, 0.5) is 14.4 Å². The molecular weight excluding hydrogens is 324 g/mol. The molecule has 9 heteroatoms. The summed E-state index contributed by atoms with van der Waals surface area (Å²) in [6.07, 6.45) is 0.401. The molecule has 24 heavy (non-hydrogen) atoms. The third-order valence-corrected chi connectivity index (χ3v) is 1.70. The van der Waals surface area contributed by atoms with E-state index in [1.54, 1.807) is 0 Å². The molecule has 0 aliphatic carbocycles. The summed E-state index contributed by atoms with van der Waals surface area (Å²) >= 11 is 0. The number of carbonyl (C=O) groups is 3. The third kappa shape index (κ3) is 36.8. The van der Waals surface area contributed by atoms with Crippen molar-refractivity contribution in [1.29, 1.82) is 0 Å². The maximum atomic E-state index is 10.5. The van der Waals surface area contributed by atoms with Crippen LogP contribution in [-0.4, -0.2) is 55.1 Å². The van der Waals surface area contributed by atoms with Gasteiger partial charge in [0.2, 0.25) is 0 Å². The van der Waals surface area contributed by atoms with Gasteiger partial charge >= 0.3 is 18.5 Å². The molecule has 0 aliphatic heterocycles. The van der Waals surface area contributed by atoms with Crippen LogP contribution in [0.25, 0.3) is 0 Å². The van der Waals surface area contributed by atoms with Crippen LogP contribution in [0.2, 0.25) is 0 Å². The van der Waals surface area contributed by atoms with E-state index in [4.69, 9.17) is 15.0 Å². The highest BCUT2D eigenvalue weighted by molar-refractivity contribution is 5.60. The first kappa shape index (κ1) is 26.7. The second-order valence-corrected chi connectivity index (χ2v) is 4.18. The van der Waals surface area contributed by atoms with Crippen LogP contribution in [0, 0.1) is 0 Å². The average molecular weight is 354 g/mol. The van der Waals surface area contributed by atoms with E-state index in [0.29, 0.717) is 26.4 Å². The van der Waals surface area contributed by atoms with Gasteiger partial charge in [0, 0.05) is 0 Å². The molecule has 0 aromatic rings. The van der Waals surface area contributed by atoms with E-state index in [2.05, 4.69) is 18.9 Å². The molecule has 0 spiro atoms. The van der Waals surface area contributed by atoms with E-state index in [1.807, 2.05) is 27.7 Å². The van der Waals surface area contributed by atoms with Crippen molar-refractivity contribution in [3.63, 3.8) is 0 Å². The van der Waals surface area contributed by atoms with Gasteiger partial charge in [-0.05, 0) is 25.7 Å². The topological polar surface area (TPSA) is 129 Å². The average Bonchev–Trinajstić information content (AvgIpc) is 2.54. The molecule has 144 valence electrons. The molecular formula is C15H30O9. The van der Waals surface area contributed by atoms with Crippen molar-refractivity contribution in [2.45, 2.75) is 53.4 Å². The smallest absolute Gasteiger partial charge is 0.450 e. The first-order valence-corrected chi connectivity index (χ1v) is 7.86. The van der Waals surface area contributed by atoms with Gasteiger partial charge in [0.05, 0.1) is 26.4 Å². The minimum absolute atomic E-state index is 0.447. The number of hydrogen-bond donors (Lipinski definition) is 2. The summed E-state index contributed by atoms with van der Waals surface area (Å²) in [4.78, 5) is 29.6. The summed E-state index contributed by atoms with van der Waals surface area (Å²) in [6, 6.07) is 0. The lowest BCUT2D eigenvalue weighted by Crippen LogP contribution is -2.08. The number of ether oxygens (including phenoxy) is 4. The van der Waals surface area contributed by atoms with Gasteiger partial charge in [-0.2, -0.15) is 0 Å². The molecule has 9 nitrogen and oxygen atoms in total. The summed E-state index contributed by atoms with van der Waals surface area (Å²) in [7, 11) is 0. The van der Waals surface area contributed by atoms with Crippen LogP contribution in [0.5, 0.6) is 0 Å². The predicted octanol–water partition coefficient (Wildman–Crippen LogP) is 4.14. The normalized spacial score (nSPS) is 8.50. The maximum Gasteiger partial charge on any atom is 0.508 e. The van der Waals surface area contributed by atoms with Crippen LogP contribution in [0.15, 0.2) is 0 Å². The zero-order chi connectivity index (χ0) is 19.2. The Labute approximate surface area is 142 Å². The van der Waals surface area contributed by atoms with Gasteiger partial charge in [-0.15, -0.1) is 0 Å². The number of hydrogen-bond acceptors (Lipinski definition) is 7. The Morgan fingerprint density at radius 2 is 0.750 bits per heavy atom. The van der Waals surface area contributed by atoms with Crippen LogP contribution in [-0.2, 0) is 18.9 Å². The fraction of sp³-hybridized carbons (Fsp3) is 0.800. The summed E-state index contributed by atoms with van der Waals surface area (Å²) < 4.78 is 18.5. The third-order valence-electron chi connectivity index (χ3n) is 1.70. The molecule has 0 aromatic heterocycles. The molecule has 0 saturated heterocycles. The summed E-state index contributed by atoms with van der Waals surface area (Å²) in [5.41, 5.74) is 0. The summed E-state index contributed by atoms with van der Waals surface area (Å²) in [5.74, 6) is 0. The quantitative estimate of drug-likeness (QED) is 0.617. The zero-order valence-corrected chi connectivity index (χ0v) is 14.9. The first-order valence-electron chi connectivity index (χ1n) is 7.86. The monoisotopic (exact) mass is 354 g/mol. The molecule has 2 N–H and O–H groups in total. The molecule has 0 amide bonds. The molecule has 0 saturated carbocycles. The number of carbonyl (C=O) groups excluding carboxylic acids is 2. The van der Waals surface area contributed by atoms with E-state index in [1.165, 1.54) is 0 Å². The highest BCUT2D eigenvalue weighted by atomic mass is 16.7. The van der Waals surface area contributed by atoms with Crippen LogP contribution in [0.3, 0.4) is 0 Å². The predicted molar refractivity (Wildman–Crippen MR) is 86.4 cm³/mol. The van der Waals surface area contributed by atoms with Gasteiger partial charge in [-0.25, -0.2) is 14.4 Å². The van der Waals surface area contributed by atoms with E-state index in [9.17, 15) is 9.59 Å². The Bertz CT molecular complexity index is 257. The number of carboxylic acid groups (broad SMARTS) is 2. The van der Waals surface area contributed by atoms with Gasteiger partial charge in [-0.3, -0.25) is 0 Å². The van der Waals surface area contributed by atoms with Crippen molar-refractivity contribution in [2.24, 2.45) is 0 Å². The van der Waals surface area contributed by atoms with E-state index in [0.717, 1.165) is 25.7 Å². The molecule has 0 bridgehead atoms. The Kier molecular flexibility index (Phi) is 25.7. The van der Waals surface area contributed by atoms with Gasteiger partial charge in [-0.1, -0.05) is 27.7 Å². The van der Waals surface area contributed by atoms with E-state index in [-0.39, 0.29) is 0 Å². The van der Waals surface area contributed by atoms with Gasteiger partial charge in [0.1, 0.15) is 0 Å². The SMILES string of the molecule is CCCOC(=O)OCCC.CCCOC(=O)OCCC.O=C(O)O. The Morgan fingerprint density at radius 1 is 0.583 bits per heavy atom. The minimum Gasteiger partial charge on any atom is -0.450 e.